The smallest absolute Gasteiger partial charge is 0.274 e. The molecule has 0 bridgehead atoms. The topological polar surface area (TPSA) is 13.1 Å². The van der Waals surface area contributed by atoms with Gasteiger partial charge in [0.05, 0.1) is 5.56 Å². The maximum atomic E-state index is 5.94. The number of benzene rings is 2. The van der Waals surface area contributed by atoms with Crippen molar-refractivity contribution in [2.75, 3.05) is 6.61 Å². The van der Waals surface area contributed by atoms with Gasteiger partial charge >= 0.3 is 0 Å². The lowest BCUT2D eigenvalue weighted by Gasteiger charge is -2.05. The molecule has 2 aromatic carbocycles. The van der Waals surface area contributed by atoms with Gasteiger partial charge in [-0.25, -0.2) is 0 Å². The van der Waals surface area contributed by atoms with Crippen molar-refractivity contribution in [3.8, 4) is 16.3 Å². The number of nitrogens with zero attached hydrogens (tertiary/aromatic N) is 1. The predicted octanol–water partition coefficient (Wildman–Crippen LogP) is 3.81. The zero-order valence-electron chi connectivity index (χ0n) is 10.7. The standard InChI is InChI=1S/C16H14NOS/c1-11-10-18-14-8-4-2-6-12(14)16-17(11)13-7-3-5-9-15(13)19-16/h2-9,11H,10H2,1H3/q+1. The maximum absolute atomic E-state index is 5.94. The van der Waals surface area contributed by atoms with Crippen LogP contribution in [-0.4, -0.2) is 6.61 Å². The lowest BCUT2D eigenvalue weighted by atomic mass is 10.2. The van der Waals surface area contributed by atoms with Gasteiger partial charge in [-0.3, -0.25) is 0 Å². The summed E-state index contributed by atoms with van der Waals surface area (Å²) in [6.07, 6.45) is 0. The number of fused-ring (bicyclic) bond motifs is 5. The Bertz CT molecular complexity index is 762. The molecule has 0 fully saturated rings. The quantitative estimate of drug-likeness (QED) is 0.565. The van der Waals surface area contributed by atoms with Gasteiger partial charge in [0, 0.05) is 13.0 Å². The highest BCUT2D eigenvalue weighted by Gasteiger charge is 2.31. The Kier molecular flexibility index (Phi) is 2.35. The van der Waals surface area contributed by atoms with E-state index in [-0.39, 0.29) is 0 Å². The molecule has 0 saturated carbocycles. The van der Waals surface area contributed by atoms with Crippen LogP contribution in [0.3, 0.4) is 0 Å². The highest BCUT2D eigenvalue weighted by molar-refractivity contribution is 7.21. The molecular formula is C16H14NOS+. The fourth-order valence-electron chi connectivity index (χ4n) is 2.68. The molecule has 0 amide bonds. The minimum Gasteiger partial charge on any atom is -0.486 e. The van der Waals surface area contributed by atoms with Crippen LogP contribution >= 0.6 is 11.3 Å². The third-order valence-corrected chi connectivity index (χ3v) is 4.76. The Labute approximate surface area is 115 Å². The Balaban J connectivity index is 2.11. The maximum Gasteiger partial charge on any atom is 0.274 e. The van der Waals surface area contributed by atoms with Gasteiger partial charge in [0.15, 0.2) is 6.04 Å². The predicted molar refractivity (Wildman–Crippen MR) is 77.7 cm³/mol. The second kappa shape index (κ2) is 4.07. The summed E-state index contributed by atoms with van der Waals surface area (Å²) >= 11 is 1.84. The molecule has 3 aromatic rings. The molecule has 94 valence electrons. The number of para-hydroxylation sites is 2. The molecule has 1 aliphatic heterocycles. The first-order valence-corrected chi connectivity index (χ1v) is 7.31. The minimum absolute atomic E-state index is 0.346. The van der Waals surface area contributed by atoms with Crippen LogP contribution in [0.2, 0.25) is 0 Å². The molecule has 2 heterocycles. The number of thiazole rings is 1. The summed E-state index contributed by atoms with van der Waals surface area (Å²) in [5, 5.41) is 1.29. The largest absolute Gasteiger partial charge is 0.486 e. The molecule has 2 nitrogen and oxygen atoms in total. The van der Waals surface area contributed by atoms with E-state index in [2.05, 4.69) is 54.0 Å². The minimum atomic E-state index is 0.346. The van der Waals surface area contributed by atoms with Crippen LogP contribution < -0.4 is 9.30 Å². The lowest BCUT2D eigenvalue weighted by Crippen LogP contribution is -2.40. The summed E-state index contributed by atoms with van der Waals surface area (Å²) < 4.78 is 9.68. The van der Waals surface area contributed by atoms with Gasteiger partial charge in [-0.15, -0.1) is 0 Å². The monoisotopic (exact) mass is 268 g/mol. The molecule has 0 spiro atoms. The molecule has 1 aromatic heterocycles. The number of hydrogen-bond acceptors (Lipinski definition) is 2. The van der Waals surface area contributed by atoms with E-state index in [0.717, 1.165) is 12.4 Å². The summed E-state index contributed by atoms with van der Waals surface area (Å²) in [6, 6.07) is 17.3. The van der Waals surface area contributed by atoms with E-state index in [0.29, 0.717) is 6.04 Å². The first-order chi connectivity index (χ1) is 9.34. The average Bonchev–Trinajstić information content (AvgIpc) is 2.78. The van der Waals surface area contributed by atoms with Gasteiger partial charge in [0.25, 0.3) is 5.01 Å². The molecule has 19 heavy (non-hydrogen) atoms. The molecule has 0 aliphatic carbocycles. The molecular weight excluding hydrogens is 254 g/mol. The Morgan fingerprint density at radius 1 is 1.11 bits per heavy atom. The van der Waals surface area contributed by atoms with Crippen molar-refractivity contribution in [1.82, 2.24) is 0 Å². The molecule has 1 aliphatic rings. The van der Waals surface area contributed by atoms with Crippen molar-refractivity contribution < 1.29 is 9.30 Å². The van der Waals surface area contributed by atoms with Crippen molar-refractivity contribution in [2.45, 2.75) is 13.0 Å². The fraction of sp³-hybridized carbons (Fsp3) is 0.188. The summed E-state index contributed by atoms with van der Waals surface area (Å²) in [4.78, 5) is 0. The highest BCUT2D eigenvalue weighted by Crippen LogP contribution is 2.37. The fourth-order valence-corrected chi connectivity index (χ4v) is 3.96. The van der Waals surface area contributed by atoms with Gasteiger partial charge in [-0.1, -0.05) is 35.6 Å². The normalized spacial score (nSPS) is 17.4. The van der Waals surface area contributed by atoms with E-state index < -0.39 is 0 Å². The lowest BCUT2D eigenvalue weighted by molar-refractivity contribution is -0.680. The molecule has 4 rings (SSSR count). The van der Waals surface area contributed by atoms with Crippen LogP contribution in [0.25, 0.3) is 20.8 Å². The van der Waals surface area contributed by atoms with Crippen molar-refractivity contribution >= 4 is 21.6 Å². The third kappa shape index (κ3) is 1.58. The molecule has 3 heteroatoms. The second-order valence-corrected chi connectivity index (χ2v) is 5.93. The SMILES string of the molecule is CC1COc2ccccc2-c2sc3ccccc3[n+]21. The number of aromatic nitrogens is 1. The highest BCUT2D eigenvalue weighted by atomic mass is 32.1. The summed E-state index contributed by atoms with van der Waals surface area (Å²) in [5.41, 5.74) is 2.50. The number of ether oxygens (including phenoxy) is 1. The van der Waals surface area contributed by atoms with E-state index in [1.807, 2.05) is 17.4 Å². The molecule has 0 saturated heterocycles. The molecule has 1 atom stereocenters. The Morgan fingerprint density at radius 3 is 2.84 bits per heavy atom. The van der Waals surface area contributed by atoms with Crippen LogP contribution in [0.5, 0.6) is 5.75 Å². The van der Waals surface area contributed by atoms with E-state index in [4.69, 9.17) is 4.74 Å². The molecule has 0 radical (unpaired) electrons. The van der Waals surface area contributed by atoms with Crippen LogP contribution in [0.15, 0.2) is 48.5 Å². The van der Waals surface area contributed by atoms with E-state index >= 15 is 0 Å². The second-order valence-electron chi connectivity index (χ2n) is 4.90. The van der Waals surface area contributed by atoms with E-state index in [1.165, 1.54) is 20.8 Å². The Hall–Kier alpha value is -1.87. The van der Waals surface area contributed by atoms with Gasteiger partial charge < -0.3 is 4.74 Å². The summed E-state index contributed by atoms with van der Waals surface area (Å²) in [5.74, 6) is 0.993. The third-order valence-electron chi connectivity index (χ3n) is 3.59. The zero-order chi connectivity index (χ0) is 12.8. The van der Waals surface area contributed by atoms with Crippen LogP contribution in [0, 0.1) is 0 Å². The van der Waals surface area contributed by atoms with Crippen molar-refractivity contribution in [3.05, 3.63) is 48.5 Å². The van der Waals surface area contributed by atoms with Gasteiger partial charge in [-0.05, 0) is 18.2 Å². The first-order valence-electron chi connectivity index (χ1n) is 6.50. The van der Waals surface area contributed by atoms with Gasteiger partial charge in [-0.2, -0.15) is 4.57 Å². The summed E-state index contributed by atoms with van der Waals surface area (Å²) in [6.45, 7) is 2.93. The first kappa shape index (κ1) is 11.0. The molecule has 1 unspecified atom stereocenters. The average molecular weight is 268 g/mol. The van der Waals surface area contributed by atoms with Crippen LogP contribution in [0.1, 0.15) is 13.0 Å². The van der Waals surface area contributed by atoms with Crippen LogP contribution in [-0.2, 0) is 0 Å². The Morgan fingerprint density at radius 2 is 1.89 bits per heavy atom. The number of rotatable bonds is 0. The van der Waals surface area contributed by atoms with Gasteiger partial charge in [0.1, 0.15) is 17.1 Å². The van der Waals surface area contributed by atoms with E-state index in [1.54, 1.807) is 0 Å². The number of hydrogen-bond donors (Lipinski definition) is 0. The van der Waals surface area contributed by atoms with E-state index in [9.17, 15) is 0 Å². The van der Waals surface area contributed by atoms with Crippen molar-refractivity contribution in [3.63, 3.8) is 0 Å². The summed E-state index contributed by atoms with van der Waals surface area (Å²) in [7, 11) is 0. The van der Waals surface area contributed by atoms with Crippen molar-refractivity contribution in [2.24, 2.45) is 0 Å². The van der Waals surface area contributed by atoms with Crippen LogP contribution in [0.4, 0.5) is 0 Å². The van der Waals surface area contributed by atoms with Crippen molar-refractivity contribution in [1.29, 1.82) is 0 Å². The van der Waals surface area contributed by atoms with Gasteiger partial charge in [0.2, 0.25) is 5.52 Å². The molecule has 0 N–H and O–H groups in total. The zero-order valence-corrected chi connectivity index (χ0v) is 11.5.